The number of carbonyl (C=O) groups excluding carboxylic acids is 1. The van der Waals surface area contributed by atoms with Crippen LogP contribution in [-0.4, -0.2) is 17.7 Å². The third-order valence-electron chi connectivity index (χ3n) is 1.48. The van der Waals surface area contributed by atoms with Crippen molar-refractivity contribution in [2.75, 3.05) is 0 Å². The largest absolute Gasteiger partial charge is 0.460 e. The number of hydrogen-bond acceptors (Lipinski definition) is 3. The van der Waals surface area contributed by atoms with Gasteiger partial charge in [0.15, 0.2) is 0 Å². The minimum Gasteiger partial charge on any atom is -0.460 e. The topological polar surface area (TPSA) is 50.1 Å². The number of carbonyl (C=O) groups is 1. The standard InChI is InChI=1S/C8H12FNO2/c1-4-6(2)12-7(11)8(3,9)5-10/h6H,4H2,1-3H3. The molecule has 0 spiro atoms. The summed E-state index contributed by atoms with van der Waals surface area (Å²) >= 11 is 0. The number of rotatable bonds is 3. The van der Waals surface area contributed by atoms with Gasteiger partial charge in [0.25, 0.3) is 5.67 Å². The predicted molar refractivity (Wildman–Crippen MR) is 41.0 cm³/mol. The molecular weight excluding hydrogens is 161 g/mol. The maximum atomic E-state index is 12.9. The van der Waals surface area contributed by atoms with Gasteiger partial charge in [-0.05, 0) is 20.3 Å². The number of esters is 1. The molecule has 0 aliphatic carbocycles. The highest BCUT2D eigenvalue weighted by atomic mass is 19.1. The summed E-state index contributed by atoms with van der Waals surface area (Å²) in [6.07, 6.45) is 0.258. The zero-order valence-electron chi connectivity index (χ0n) is 7.43. The molecule has 0 rings (SSSR count). The lowest BCUT2D eigenvalue weighted by Crippen LogP contribution is -2.32. The van der Waals surface area contributed by atoms with Crippen LogP contribution in [0.5, 0.6) is 0 Å². The highest BCUT2D eigenvalue weighted by molar-refractivity contribution is 5.82. The Hall–Kier alpha value is -1.11. The number of nitriles is 1. The van der Waals surface area contributed by atoms with Crippen molar-refractivity contribution < 1.29 is 13.9 Å². The van der Waals surface area contributed by atoms with Crippen molar-refractivity contribution in [2.45, 2.75) is 39.0 Å². The third-order valence-corrected chi connectivity index (χ3v) is 1.48. The normalized spacial score (nSPS) is 17.2. The van der Waals surface area contributed by atoms with Crippen LogP contribution in [0, 0.1) is 11.3 Å². The third kappa shape index (κ3) is 2.87. The molecular formula is C8H12FNO2. The van der Waals surface area contributed by atoms with Crippen molar-refractivity contribution >= 4 is 5.97 Å². The van der Waals surface area contributed by atoms with Gasteiger partial charge in [0.2, 0.25) is 0 Å². The number of alkyl halides is 1. The molecule has 0 aromatic carbocycles. The molecule has 2 atom stereocenters. The SMILES string of the molecule is CCC(C)OC(=O)C(C)(F)C#N. The van der Waals surface area contributed by atoms with E-state index in [0.29, 0.717) is 6.42 Å². The summed E-state index contributed by atoms with van der Waals surface area (Å²) < 4.78 is 17.5. The number of nitrogens with zero attached hydrogens (tertiary/aromatic N) is 1. The van der Waals surface area contributed by atoms with Crippen LogP contribution >= 0.6 is 0 Å². The van der Waals surface area contributed by atoms with Crippen molar-refractivity contribution in [2.24, 2.45) is 0 Å². The van der Waals surface area contributed by atoms with Gasteiger partial charge in [0, 0.05) is 0 Å². The average Bonchev–Trinajstić information content (AvgIpc) is 2.04. The second kappa shape index (κ2) is 4.05. The van der Waals surface area contributed by atoms with E-state index in [2.05, 4.69) is 4.74 Å². The van der Waals surface area contributed by atoms with Crippen LogP contribution in [0.2, 0.25) is 0 Å². The van der Waals surface area contributed by atoms with Crippen LogP contribution in [-0.2, 0) is 9.53 Å². The Morgan fingerprint density at radius 2 is 2.33 bits per heavy atom. The zero-order chi connectivity index (χ0) is 9.78. The first-order chi connectivity index (χ1) is 5.44. The lowest BCUT2D eigenvalue weighted by Gasteiger charge is -2.14. The minimum absolute atomic E-state index is 0.346. The van der Waals surface area contributed by atoms with Crippen LogP contribution in [0.4, 0.5) is 4.39 Å². The second-order valence-electron chi connectivity index (χ2n) is 2.74. The van der Waals surface area contributed by atoms with Crippen LogP contribution < -0.4 is 0 Å². The van der Waals surface area contributed by atoms with Crippen LogP contribution in [0.3, 0.4) is 0 Å². The van der Waals surface area contributed by atoms with Gasteiger partial charge < -0.3 is 4.74 Å². The Balaban J connectivity index is 4.15. The molecule has 68 valence electrons. The summed E-state index contributed by atoms with van der Waals surface area (Å²) in [5.74, 6) is -1.11. The van der Waals surface area contributed by atoms with E-state index >= 15 is 0 Å². The fourth-order valence-electron chi connectivity index (χ4n) is 0.422. The fraction of sp³-hybridized carbons (Fsp3) is 0.750. The first kappa shape index (κ1) is 10.9. The van der Waals surface area contributed by atoms with Crippen molar-refractivity contribution in [3.8, 4) is 6.07 Å². The van der Waals surface area contributed by atoms with Gasteiger partial charge in [-0.25, -0.2) is 9.18 Å². The van der Waals surface area contributed by atoms with Gasteiger partial charge in [0.05, 0.1) is 6.10 Å². The maximum absolute atomic E-state index is 12.9. The minimum atomic E-state index is -2.52. The predicted octanol–water partition coefficient (Wildman–Crippen LogP) is 1.58. The van der Waals surface area contributed by atoms with Gasteiger partial charge in [-0.2, -0.15) is 5.26 Å². The van der Waals surface area contributed by atoms with E-state index in [1.807, 2.05) is 0 Å². The van der Waals surface area contributed by atoms with E-state index in [9.17, 15) is 9.18 Å². The maximum Gasteiger partial charge on any atom is 0.358 e. The summed E-state index contributed by atoms with van der Waals surface area (Å²) in [6, 6.07) is 1.23. The molecule has 0 aliphatic rings. The molecule has 0 N–H and O–H groups in total. The molecule has 0 bridgehead atoms. The van der Waals surface area contributed by atoms with E-state index in [-0.39, 0.29) is 6.10 Å². The lowest BCUT2D eigenvalue weighted by molar-refractivity contribution is -0.157. The average molecular weight is 173 g/mol. The van der Waals surface area contributed by atoms with Crippen LogP contribution in [0.25, 0.3) is 0 Å². The zero-order valence-corrected chi connectivity index (χ0v) is 7.43. The molecule has 0 fully saturated rings. The quantitative estimate of drug-likeness (QED) is 0.609. The highest BCUT2D eigenvalue weighted by Crippen LogP contribution is 2.12. The summed E-state index contributed by atoms with van der Waals surface area (Å²) in [6.45, 7) is 4.34. The summed E-state index contributed by atoms with van der Waals surface area (Å²) in [5.41, 5.74) is -2.52. The van der Waals surface area contributed by atoms with Gasteiger partial charge in [0.1, 0.15) is 6.07 Å². The molecule has 0 aromatic rings. The number of halogens is 1. The van der Waals surface area contributed by atoms with Crippen LogP contribution in [0.1, 0.15) is 27.2 Å². The Morgan fingerprint density at radius 1 is 1.83 bits per heavy atom. The summed E-state index contributed by atoms with van der Waals surface area (Å²) in [7, 11) is 0. The van der Waals surface area contributed by atoms with E-state index in [1.165, 1.54) is 6.07 Å². The highest BCUT2D eigenvalue weighted by Gasteiger charge is 2.35. The van der Waals surface area contributed by atoms with Gasteiger partial charge in [-0.15, -0.1) is 0 Å². The first-order valence-corrected chi connectivity index (χ1v) is 3.75. The number of hydrogen-bond donors (Lipinski definition) is 0. The van der Waals surface area contributed by atoms with Crippen molar-refractivity contribution in [1.29, 1.82) is 5.26 Å². The molecule has 0 saturated carbocycles. The van der Waals surface area contributed by atoms with E-state index in [1.54, 1.807) is 13.8 Å². The summed E-state index contributed by atoms with van der Waals surface area (Å²) in [5, 5.41) is 8.22. The molecule has 0 heterocycles. The smallest absolute Gasteiger partial charge is 0.358 e. The Kier molecular flexibility index (Phi) is 3.68. The Bertz CT molecular complexity index is 208. The van der Waals surface area contributed by atoms with Crippen molar-refractivity contribution in [3.63, 3.8) is 0 Å². The molecule has 2 unspecified atom stereocenters. The molecule has 0 saturated heterocycles. The molecule has 3 nitrogen and oxygen atoms in total. The Labute approximate surface area is 71.1 Å². The van der Waals surface area contributed by atoms with Gasteiger partial charge >= 0.3 is 5.97 Å². The molecule has 0 amide bonds. The van der Waals surface area contributed by atoms with E-state index < -0.39 is 11.6 Å². The summed E-state index contributed by atoms with van der Waals surface area (Å²) in [4.78, 5) is 10.8. The molecule has 0 radical (unpaired) electrons. The van der Waals surface area contributed by atoms with Crippen molar-refractivity contribution in [1.82, 2.24) is 0 Å². The molecule has 4 heteroatoms. The number of ether oxygens (including phenoxy) is 1. The molecule has 0 aliphatic heterocycles. The van der Waals surface area contributed by atoms with Gasteiger partial charge in [-0.1, -0.05) is 6.92 Å². The van der Waals surface area contributed by atoms with Gasteiger partial charge in [-0.3, -0.25) is 0 Å². The Morgan fingerprint density at radius 3 is 2.67 bits per heavy atom. The monoisotopic (exact) mass is 173 g/mol. The lowest BCUT2D eigenvalue weighted by atomic mass is 10.1. The molecule has 0 aromatic heterocycles. The van der Waals surface area contributed by atoms with Crippen molar-refractivity contribution in [3.05, 3.63) is 0 Å². The molecule has 12 heavy (non-hydrogen) atoms. The first-order valence-electron chi connectivity index (χ1n) is 3.75. The second-order valence-corrected chi connectivity index (χ2v) is 2.74. The fourth-order valence-corrected chi connectivity index (χ4v) is 0.422. The van der Waals surface area contributed by atoms with E-state index in [4.69, 9.17) is 5.26 Å². The van der Waals surface area contributed by atoms with Crippen LogP contribution in [0.15, 0.2) is 0 Å². The van der Waals surface area contributed by atoms with E-state index in [0.717, 1.165) is 6.92 Å².